The summed E-state index contributed by atoms with van der Waals surface area (Å²) in [7, 11) is 0. The van der Waals surface area contributed by atoms with Crippen LogP contribution in [-0.2, 0) is 14.3 Å². The first-order chi connectivity index (χ1) is 23.4. The van der Waals surface area contributed by atoms with Gasteiger partial charge in [-0.2, -0.15) is 0 Å². The standard InChI is InChI=1S/C38H33N3O7/c42-29-11-6-8-24(19-29)18-25(33-14-4-5-17-39-33)15-16-34-35-26(22-47-30-12-2-1-3-13-30)20-31-36(32(35)23-48-34)38(44)40(37(31)43)27-9-7-10-28(21-27)41(45)46/h1-14,17-19,21,31-32,34,36,42H,15-16,20,22-23H2/b25-18-/t31-,32+,34-,36-/m1/s1. The number of carbonyl (C=O) groups is 2. The highest BCUT2D eigenvalue weighted by Crippen LogP contribution is 2.51. The molecule has 2 saturated heterocycles. The van der Waals surface area contributed by atoms with Gasteiger partial charge in [-0.05, 0) is 90.1 Å². The van der Waals surface area contributed by atoms with Gasteiger partial charge in [0, 0.05) is 24.2 Å². The number of pyridine rings is 1. The minimum Gasteiger partial charge on any atom is -0.508 e. The lowest BCUT2D eigenvalue weighted by Crippen LogP contribution is -2.35. The monoisotopic (exact) mass is 643 g/mol. The van der Waals surface area contributed by atoms with Gasteiger partial charge in [0.2, 0.25) is 11.8 Å². The molecule has 2 fully saturated rings. The number of aromatic hydroxyl groups is 1. The van der Waals surface area contributed by atoms with Crippen LogP contribution in [0.25, 0.3) is 11.6 Å². The van der Waals surface area contributed by atoms with E-state index in [9.17, 15) is 24.8 Å². The van der Waals surface area contributed by atoms with Crippen molar-refractivity contribution >= 4 is 34.8 Å². The van der Waals surface area contributed by atoms with Gasteiger partial charge in [-0.3, -0.25) is 24.7 Å². The fourth-order valence-electron chi connectivity index (χ4n) is 7.22. The fourth-order valence-corrected chi connectivity index (χ4v) is 7.22. The summed E-state index contributed by atoms with van der Waals surface area (Å²) >= 11 is 0. The summed E-state index contributed by atoms with van der Waals surface area (Å²) in [5.41, 5.74) is 4.56. The zero-order chi connectivity index (χ0) is 33.2. The van der Waals surface area contributed by atoms with E-state index in [0.717, 1.165) is 32.9 Å². The minimum absolute atomic E-state index is 0.172. The van der Waals surface area contributed by atoms with Crippen molar-refractivity contribution < 1.29 is 29.1 Å². The van der Waals surface area contributed by atoms with Gasteiger partial charge in [-0.15, -0.1) is 0 Å². The number of anilines is 1. The third kappa shape index (κ3) is 6.10. The smallest absolute Gasteiger partial charge is 0.271 e. The SMILES string of the molecule is O=C1[C@@H]2[C@@H](CC(COc3ccccc3)=C3[C@@H](CC/C(=C/c4cccc(O)c4)c4ccccn4)OC[C@@H]32)C(=O)N1c1cccc([N+](=O)[O-])c1. The highest BCUT2D eigenvalue weighted by Gasteiger charge is 2.57. The van der Waals surface area contributed by atoms with Crippen molar-refractivity contribution in [1.82, 2.24) is 4.98 Å². The Kier molecular flexibility index (Phi) is 8.56. The number of allylic oxidation sites excluding steroid dienone is 1. The molecule has 0 bridgehead atoms. The maximum Gasteiger partial charge on any atom is 0.271 e. The second kappa shape index (κ2) is 13.2. The molecule has 0 unspecified atom stereocenters. The molecule has 0 saturated carbocycles. The molecule has 48 heavy (non-hydrogen) atoms. The number of phenolic OH excluding ortho intramolecular Hbond substituents is 1. The van der Waals surface area contributed by atoms with Gasteiger partial charge in [0.15, 0.2) is 0 Å². The summed E-state index contributed by atoms with van der Waals surface area (Å²) in [5.74, 6) is -1.47. The molecule has 1 aliphatic carbocycles. The van der Waals surface area contributed by atoms with Crippen molar-refractivity contribution in [2.45, 2.75) is 25.4 Å². The number of hydrogen-bond acceptors (Lipinski definition) is 8. The molecule has 0 radical (unpaired) electrons. The van der Waals surface area contributed by atoms with E-state index < -0.39 is 16.8 Å². The lowest BCUT2D eigenvalue weighted by molar-refractivity contribution is -0.384. The van der Waals surface area contributed by atoms with Gasteiger partial charge >= 0.3 is 0 Å². The lowest BCUT2D eigenvalue weighted by Gasteiger charge is -2.31. The second-order valence-corrected chi connectivity index (χ2v) is 12.2. The van der Waals surface area contributed by atoms with Crippen molar-refractivity contribution in [2.75, 3.05) is 18.1 Å². The number of nitro benzene ring substituents is 1. The third-order valence-electron chi connectivity index (χ3n) is 9.34. The number of non-ortho nitro benzene ring substituents is 1. The van der Waals surface area contributed by atoms with Crippen LogP contribution in [0.5, 0.6) is 11.5 Å². The number of aromatic nitrogens is 1. The number of para-hydroxylation sites is 1. The number of imide groups is 1. The van der Waals surface area contributed by atoms with Gasteiger partial charge < -0.3 is 14.6 Å². The number of hydrogen-bond donors (Lipinski definition) is 1. The molecule has 3 aromatic carbocycles. The number of ether oxygens (including phenoxy) is 2. The number of carbonyl (C=O) groups excluding carboxylic acids is 2. The highest BCUT2D eigenvalue weighted by molar-refractivity contribution is 6.22. The molecule has 2 amide bonds. The molecule has 0 spiro atoms. The zero-order valence-electron chi connectivity index (χ0n) is 26.0. The predicted octanol–water partition coefficient (Wildman–Crippen LogP) is 6.62. The number of nitrogens with zero attached hydrogens (tertiary/aromatic N) is 3. The molecular weight excluding hydrogens is 610 g/mol. The first kappa shape index (κ1) is 31.0. The molecule has 242 valence electrons. The summed E-state index contributed by atoms with van der Waals surface area (Å²) in [5, 5.41) is 21.5. The van der Waals surface area contributed by atoms with E-state index in [2.05, 4.69) is 4.98 Å². The van der Waals surface area contributed by atoms with Crippen LogP contribution in [0.1, 0.15) is 30.5 Å². The lowest BCUT2D eigenvalue weighted by atomic mass is 9.69. The van der Waals surface area contributed by atoms with Crippen LogP contribution in [0.4, 0.5) is 11.4 Å². The molecule has 4 atom stereocenters. The molecule has 7 rings (SSSR count). The molecule has 10 nitrogen and oxygen atoms in total. The Labute approximate surface area is 277 Å². The van der Waals surface area contributed by atoms with Crippen LogP contribution in [0.2, 0.25) is 0 Å². The van der Waals surface area contributed by atoms with E-state index in [-0.39, 0.29) is 54.2 Å². The zero-order valence-corrected chi connectivity index (χ0v) is 26.0. The molecule has 10 heteroatoms. The topological polar surface area (TPSA) is 132 Å². The van der Waals surface area contributed by atoms with Gasteiger partial charge in [-0.25, -0.2) is 4.90 Å². The average Bonchev–Trinajstić information content (AvgIpc) is 3.64. The van der Waals surface area contributed by atoms with E-state index in [1.807, 2.05) is 60.7 Å². The molecule has 1 aromatic heterocycles. The first-order valence-corrected chi connectivity index (χ1v) is 15.9. The second-order valence-electron chi connectivity index (χ2n) is 12.2. The highest BCUT2D eigenvalue weighted by atomic mass is 16.6. The van der Waals surface area contributed by atoms with E-state index in [1.54, 1.807) is 30.5 Å². The van der Waals surface area contributed by atoms with Crippen molar-refractivity contribution in [2.24, 2.45) is 17.8 Å². The Morgan fingerprint density at radius 2 is 1.79 bits per heavy atom. The van der Waals surface area contributed by atoms with Crippen molar-refractivity contribution in [3.63, 3.8) is 0 Å². The van der Waals surface area contributed by atoms with Crippen molar-refractivity contribution in [3.8, 4) is 11.5 Å². The van der Waals surface area contributed by atoms with Gasteiger partial charge in [0.1, 0.15) is 18.1 Å². The number of phenols is 1. The van der Waals surface area contributed by atoms with Crippen LogP contribution >= 0.6 is 0 Å². The van der Waals surface area contributed by atoms with Crippen LogP contribution in [0, 0.1) is 27.9 Å². The normalized spacial score (nSPS) is 22.1. The molecular formula is C38H33N3O7. The van der Waals surface area contributed by atoms with Crippen LogP contribution < -0.4 is 9.64 Å². The Morgan fingerprint density at radius 1 is 0.979 bits per heavy atom. The molecule has 2 aliphatic heterocycles. The Bertz CT molecular complexity index is 1920. The van der Waals surface area contributed by atoms with E-state index >= 15 is 0 Å². The molecule has 1 N–H and O–H groups in total. The molecule has 3 heterocycles. The number of fused-ring (bicyclic) bond motifs is 3. The quantitative estimate of drug-likeness (QED) is 0.0883. The largest absolute Gasteiger partial charge is 0.508 e. The van der Waals surface area contributed by atoms with E-state index in [1.165, 1.54) is 18.2 Å². The summed E-state index contributed by atoms with van der Waals surface area (Å²) in [6.45, 7) is 0.510. The van der Waals surface area contributed by atoms with Crippen LogP contribution in [0.3, 0.4) is 0 Å². The number of nitro groups is 1. The number of rotatable bonds is 10. The van der Waals surface area contributed by atoms with Crippen LogP contribution in [0.15, 0.2) is 114 Å². The maximum absolute atomic E-state index is 14.0. The maximum atomic E-state index is 14.0. The predicted molar refractivity (Wildman–Crippen MR) is 179 cm³/mol. The Hall–Kier alpha value is -5.61. The minimum atomic E-state index is -0.643. The van der Waals surface area contributed by atoms with Crippen LogP contribution in [-0.4, -0.2) is 46.1 Å². The number of amides is 2. The van der Waals surface area contributed by atoms with Crippen molar-refractivity contribution in [1.29, 1.82) is 0 Å². The third-order valence-corrected chi connectivity index (χ3v) is 9.34. The van der Waals surface area contributed by atoms with Gasteiger partial charge in [-0.1, -0.05) is 42.5 Å². The Balaban J connectivity index is 1.20. The summed E-state index contributed by atoms with van der Waals surface area (Å²) in [6, 6.07) is 27.9. The average molecular weight is 644 g/mol. The van der Waals surface area contributed by atoms with Crippen molar-refractivity contribution in [3.05, 3.63) is 136 Å². The number of benzene rings is 3. The molecule has 4 aromatic rings. The van der Waals surface area contributed by atoms with Gasteiger partial charge in [0.25, 0.3) is 5.69 Å². The Morgan fingerprint density at radius 3 is 2.56 bits per heavy atom. The van der Waals surface area contributed by atoms with E-state index in [0.29, 0.717) is 25.0 Å². The van der Waals surface area contributed by atoms with Gasteiger partial charge in [0.05, 0.1) is 40.9 Å². The van der Waals surface area contributed by atoms with E-state index in [4.69, 9.17) is 9.47 Å². The first-order valence-electron chi connectivity index (χ1n) is 15.9. The molecule has 3 aliphatic rings. The summed E-state index contributed by atoms with van der Waals surface area (Å²) in [6.07, 6.45) is 4.95. The fraction of sp³-hybridized carbons (Fsp3) is 0.237. The summed E-state index contributed by atoms with van der Waals surface area (Å²) in [4.78, 5) is 44.6. The summed E-state index contributed by atoms with van der Waals surface area (Å²) < 4.78 is 12.7.